The average Bonchev–Trinajstić information content (AvgIpc) is 2.49. The molecule has 6 nitrogen and oxygen atoms in total. The van der Waals surface area contributed by atoms with Crippen LogP contribution in [0.4, 0.5) is 0 Å². The average molecular weight is 259 g/mol. The van der Waals surface area contributed by atoms with Crippen molar-refractivity contribution in [3.8, 4) is 0 Å². The van der Waals surface area contributed by atoms with Crippen molar-refractivity contribution in [1.29, 1.82) is 0 Å². The second kappa shape index (κ2) is 7.16. The molecule has 7 heteroatoms. The lowest BCUT2D eigenvalue weighted by Crippen LogP contribution is -2.34. The van der Waals surface area contributed by atoms with Crippen molar-refractivity contribution < 1.29 is 14.4 Å². The van der Waals surface area contributed by atoms with E-state index in [1.54, 1.807) is 4.90 Å². The second-order valence-corrected chi connectivity index (χ2v) is 4.85. The van der Waals surface area contributed by atoms with Gasteiger partial charge in [0.25, 0.3) is 0 Å². The fourth-order valence-electron chi connectivity index (χ4n) is 1.51. The van der Waals surface area contributed by atoms with Gasteiger partial charge in [0.05, 0.1) is 5.75 Å². The summed E-state index contributed by atoms with van der Waals surface area (Å²) in [4.78, 5) is 35.0. The number of carbonyl (C=O) groups is 3. The molecule has 0 spiro atoms. The van der Waals surface area contributed by atoms with Crippen molar-refractivity contribution in [2.75, 3.05) is 31.1 Å². The topological polar surface area (TPSA) is 92.5 Å². The van der Waals surface area contributed by atoms with Crippen LogP contribution in [0.1, 0.15) is 12.8 Å². The molecule has 0 atom stereocenters. The van der Waals surface area contributed by atoms with Crippen LogP contribution in [0.2, 0.25) is 0 Å². The summed E-state index contributed by atoms with van der Waals surface area (Å²) < 4.78 is 0. The first-order chi connectivity index (χ1) is 8.09. The molecule has 1 rings (SSSR count). The largest absolute Gasteiger partial charge is 0.369 e. The second-order valence-electron chi connectivity index (χ2n) is 3.75. The van der Waals surface area contributed by atoms with Gasteiger partial charge < -0.3 is 16.0 Å². The number of nitrogens with zero attached hydrogens (tertiary/aromatic N) is 1. The maximum atomic E-state index is 11.8. The minimum atomic E-state index is -0.369. The molecule has 3 N–H and O–H groups in total. The molecule has 17 heavy (non-hydrogen) atoms. The van der Waals surface area contributed by atoms with E-state index in [0.29, 0.717) is 38.2 Å². The first kappa shape index (κ1) is 13.8. The van der Waals surface area contributed by atoms with Gasteiger partial charge in [-0.3, -0.25) is 14.4 Å². The Labute approximate surface area is 104 Å². The van der Waals surface area contributed by atoms with Crippen molar-refractivity contribution >= 4 is 29.5 Å². The number of rotatable bonds is 5. The Bertz CT molecular complexity index is 309. The van der Waals surface area contributed by atoms with Gasteiger partial charge in [0, 0.05) is 38.2 Å². The molecule has 0 aromatic rings. The number of carbonyl (C=O) groups excluding carboxylic acids is 3. The Kier molecular flexibility index (Phi) is 5.82. The van der Waals surface area contributed by atoms with Gasteiger partial charge in [0.1, 0.15) is 0 Å². The summed E-state index contributed by atoms with van der Waals surface area (Å²) in [7, 11) is 0. The van der Waals surface area contributed by atoms with Gasteiger partial charge in [-0.15, -0.1) is 0 Å². The van der Waals surface area contributed by atoms with Gasteiger partial charge in [0.2, 0.25) is 17.7 Å². The molecule has 0 aromatic carbocycles. The smallest absolute Gasteiger partial charge is 0.227 e. The first-order valence-electron chi connectivity index (χ1n) is 5.50. The number of primary amides is 1. The number of nitrogens with two attached hydrogens (primary N) is 1. The molecule has 0 saturated carbocycles. The molecular formula is C10H17N3O3S. The number of nitrogens with one attached hydrogen (secondary N) is 1. The predicted molar refractivity (Wildman–Crippen MR) is 65.3 cm³/mol. The molecule has 0 radical (unpaired) electrons. The number of hydrogen-bond acceptors (Lipinski definition) is 4. The number of thioether (sulfide) groups is 1. The van der Waals surface area contributed by atoms with Crippen LogP contribution in [0.3, 0.4) is 0 Å². The SMILES string of the molecule is NC(=O)CSCCC(=O)N1CCNC(=O)CC1. The zero-order valence-corrected chi connectivity index (χ0v) is 10.4. The summed E-state index contributed by atoms with van der Waals surface area (Å²) in [5.74, 6) is 0.473. The highest BCUT2D eigenvalue weighted by Crippen LogP contribution is 2.05. The van der Waals surface area contributed by atoms with Crippen LogP contribution in [-0.4, -0.2) is 53.8 Å². The maximum absolute atomic E-state index is 11.8. The van der Waals surface area contributed by atoms with E-state index < -0.39 is 0 Å². The Morgan fingerprint density at radius 3 is 2.88 bits per heavy atom. The third-order valence-corrected chi connectivity index (χ3v) is 3.35. The summed E-state index contributed by atoms with van der Waals surface area (Å²) in [5.41, 5.74) is 4.99. The molecule has 0 unspecified atom stereocenters. The van der Waals surface area contributed by atoms with Crippen molar-refractivity contribution in [3.63, 3.8) is 0 Å². The highest BCUT2D eigenvalue weighted by Gasteiger charge is 2.17. The van der Waals surface area contributed by atoms with Gasteiger partial charge in [0.15, 0.2) is 0 Å². The predicted octanol–water partition coefficient (Wildman–Crippen LogP) is -1.06. The van der Waals surface area contributed by atoms with E-state index in [1.807, 2.05) is 0 Å². The first-order valence-corrected chi connectivity index (χ1v) is 6.65. The molecule has 0 aromatic heterocycles. The zero-order chi connectivity index (χ0) is 12.7. The quantitative estimate of drug-likeness (QED) is 0.616. The van der Waals surface area contributed by atoms with Crippen LogP contribution in [0.5, 0.6) is 0 Å². The molecule has 1 fully saturated rings. The number of hydrogen-bond donors (Lipinski definition) is 2. The summed E-state index contributed by atoms with van der Waals surface area (Å²) in [6.45, 7) is 1.55. The van der Waals surface area contributed by atoms with Crippen molar-refractivity contribution in [1.82, 2.24) is 10.2 Å². The van der Waals surface area contributed by atoms with Gasteiger partial charge in [-0.1, -0.05) is 0 Å². The molecule has 96 valence electrons. The highest BCUT2D eigenvalue weighted by atomic mass is 32.2. The maximum Gasteiger partial charge on any atom is 0.227 e. The van der Waals surface area contributed by atoms with Crippen molar-refractivity contribution in [2.24, 2.45) is 5.73 Å². The molecular weight excluding hydrogens is 242 g/mol. The molecule has 0 aliphatic carbocycles. The molecule has 0 bridgehead atoms. The summed E-state index contributed by atoms with van der Waals surface area (Å²) in [6, 6.07) is 0. The van der Waals surface area contributed by atoms with Crippen LogP contribution < -0.4 is 11.1 Å². The molecule has 1 aliphatic rings. The van der Waals surface area contributed by atoms with Gasteiger partial charge in [-0.25, -0.2) is 0 Å². The third-order valence-electron chi connectivity index (χ3n) is 2.37. The van der Waals surface area contributed by atoms with Gasteiger partial charge in [-0.2, -0.15) is 11.8 Å². The minimum absolute atomic E-state index is 0.0107. The Morgan fingerprint density at radius 1 is 1.41 bits per heavy atom. The van der Waals surface area contributed by atoms with E-state index in [1.165, 1.54) is 11.8 Å². The normalized spacial score (nSPS) is 16.2. The van der Waals surface area contributed by atoms with E-state index in [-0.39, 0.29) is 23.5 Å². The summed E-state index contributed by atoms with van der Waals surface area (Å²) in [5, 5.41) is 2.71. The minimum Gasteiger partial charge on any atom is -0.369 e. The standard InChI is InChI=1S/C10H17N3O3S/c11-8(14)7-17-6-2-10(16)13-4-1-9(15)12-3-5-13/h1-7H2,(H2,11,14)(H,12,15). The van der Waals surface area contributed by atoms with E-state index in [0.717, 1.165) is 0 Å². The van der Waals surface area contributed by atoms with E-state index in [4.69, 9.17) is 5.73 Å². The van der Waals surface area contributed by atoms with Crippen molar-refractivity contribution in [2.45, 2.75) is 12.8 Å². The zero-order valence-electron chi connectivity index (χ0n) is 9.61. The summed E-state index contributed by atoms with van der Waals surface area (Å²) >= 11 is 1.35. The fourth-order valence-corrected chi connectivity index (χ4v) is 2.17. The van der Waals surface area contributed by atoms with E-state index in [9.17, 15) is 14.4 Å². The molecule has 1 saturated heterocycles. The Morgan fingerprint density at radius 2 is 2.18 bits per heavy atom. The lowest BCUT2D eigenvalue weighted by Gasteiger charge is -2.19. The van der Waals surface area contributed by atoms with Gasteiger partial charge in [-0.05, 0) is 0 Å². The van der Waals surface area contributed by atoms with Crippen LogP contribution in [0.25, 0.3) is 0 Å². The van der Waals surface area contributed by atoms with E-state index >= 15 is 0 Å². The highest BCUT2D eigenvalue weighted by molar-refractivity contribution is 7.99. The Hall–Kier alpha value is -1.24. The lowest BCUT2D eigenvalue weighted by atomic mass is 10.3. The monoisotopic (exact) mass is 259 g/mol. The van der Waals surface area contributed by atoms with Crippen LogP contribution >= 0.6 is 11.8 Å². The third kappa shape index (κ3) is 5.58. The van der Waals surface area contributed by atoms with Crippen LogP contribution in [0.15, 0.2) is 0 Å². The van der Waals surface area contributed by atoms with Crippen LogP contribution in [-0.2, 0) is 14.4 Å². The van der Waals surface area contributed by atoms with Gasteiger partial charge >= 0.3 is 0 Å². The Balaban J connectivity index is 2.22. The molecule has 1 aliphatic heterocycles. The summed E-state index contributed by atoms with van der Waals surface area (Å²) in [6.07, 6.45) is 0.742. The molecule has 1 heterocycles. The van der Waals surface area contributed by atoms with Crippen LogP contribution in [0, 0.1) is 0 Å². The molecule has 3 amide bonds. The number of amides is 3. The lowest BCUT2D eigenvalue weighted by molar-refractivity contribution is -0.130. The fraction of sp³-hybridized carbons (Fsp3) is 0.700. The van der Waals surface area contributed by atoms with E-state index in [2.05, 4.69) is 5.32 Å². The van der Waals surface area contributed by atoms with Crippen molar-refractivity contribution in [3.05, 3.63) is 0 Å².